The highest BCUT2D eigenvalue weighted by molar-refractivity contribution is 7.10. The molecule has 1 amide bonds. The Morgan fingerprint density at radius 3 is 2.79 bits per heavy atom. The first-order valence-corrected chi connectivity index (χ1v) is 9.22. The van der Waals surface area contributed by atoms with Crippen molar-refractivity contribution in [2.24, 2.45) is 0 Å². The maximum atomic E-state index is 12.8. The van der Waals surface area contributed by atoms with Gasteiger partial charge in [0.1, 0.15) is 0 Å². The molecule has 1 aromatic heterocycles. The van der Waals surface area contributed by atoms with E-state index in [9.17, 15) is 4.79 Å². The van der Waals surface area contributed by atoms with E-state index in [2.05, 4.69) is 24.0 Å². The highest BCUT2D eigenvalue weighted by Crippen LogP contribution is 2.25. The third-order valence-electron chi connectivity index (χ3n) is 4.54. The third-order valence-corrected chi connectivity index (χ3v) is 5.58. The molecule has 24 heavy (non-hydrogen) atoms. The van der Waals surface area contributed by atoms with E-state index < -0.39 is 0 Å². The molecule has 0 bridgehead atoms. The van der Waals surface area contributed by atoms with Gasteiger partial charge in [0.15, 0.2) is 0 Å². The van der Waals surface area contributed by atoms with Crippen molar-refractivity contribution in [3.63, 3.8) is 0 Å². The first-order chi connectivity index (χ1) is 11.6. The summed E-state index contributed by atoms with van der Waals surface area (Å²) in [5.41, 5.74) is 1.94. The standard InChI is InChI=1S/C19H24N2O2S/c1-15(18-7-4-12-24-18)20(2)19(22)17-6-3-5-16(13-17)14-21-8-10-23-11-9-21/h3-7,12-13,15H,8-11,14H2,1-2H3. The van der Waals surface area contributed by atoms with E-state index in [1.165, 1.54) is 10.4 Å². The molecule has 0 spiro atoms. The molecule has 2 heterocycles. The summed E-state index contributed by atoms with van der Waals surface area (Å²) in [5, 5.41) is 2.05. The van der Waals surface area contributed by atoms with Crippen LogP contribution in [0.3, 0.4) is 0 Å². The molecule has 1 aromatic carbocycles. The fourth-order valence-electron chi connectivity index (χ4n) is 2.92. The number of hydrogen-bond donors (Lipinski definition) is 0. The Hall–Kier alpha value is -1.69. The van der Waals surface area contributed by atoms with Gasteiger partial charge in [-0.15, -0.1) is 11.3 Å². The van der Waals surface area contributed by atoms with Gasteiger partial charge in [-0.25, -0.2) is 0 Å². The molecule has 1 aliphatic rings. The van der Waals surface area contributed by atoms with E-state index in [0.29, 0.717) is 0 Å². The molecule has 1 fully saturated rings. The van der Waals surface area contributed by atoms with Crippen LogP contribution in [-0.2, 0) is 11.3 Å². The molecule has 1 unspecified atom stereocenters. The van der Waals surface area contributed by atoms with Gasteiger partial charge in [0, 0.05) is 37.1 Å². The molecule has 0 saturated carbocycles. The van der Waals surface area contributed by atoms with E-state index in [0.717, 1.165) is 38.4 Å². The molecule has 0 N–H and O–H groups in total. The summed E-state index contributed by atoms with van der Waals surface area (Å²) in [7, 11) is 1.88. The van der Waals surface area contributed by atoms with Crippen molar-refractivity contribution in [1.29, 1.82) is 0 Å². The normalized spacial score (nSPS) is 16.8. The van der Waals surface area contributed by atoms with Crippen molar-refractivity contribution in [2.45, 2.75) is 19.5 Å². The van der Waals surface area contributed by atoms with Crippen molar-refractivity contribution >= 4 is 17.2 Å². The Morgan fingerprint density at radius 2 is 2.08 bits per heavy atom. The molecule has 0 aliphatic carbocycles. The molecule has 2 aromatic rings. The quantitative estimate of drug-likeness (QED) is 0.833. The van der Waals surface area contributed by atoms with E-state index >= 15 is 0 Å². The Kier molecular flexibility index (Phi) is 5.66. The van der Waals surface area contributed by atoms with Gasteiger partial charge in [-0.3, -0.25) is 9.69 Å². The van der Waals surface area contributed by atoms with Crippen LogP contribution in [0.5, 0.6) is 0 Å². The molecular weight excluding hydrogens is 320 g/mol. The lowest BCUT2D eigenvalue weighted by Crippen LogP contribution is -2.35. The largest absolute Gasteiger partial charge is 0.379 e. The van der Waals surface area contributed by atoms with Gasteiger partial charge in [0.25, 0.3) is 5.91 Å². The lowest BCUT2D eigenvalue weighted by Gasteiger charge is -2.27. The number of benzene rings is 1. The molecule has 1 atom stereocenters. The number of carbonyl (C=O) groups is 1. The van der Waals surface area contributed by atoms with Gasteiger partial charge >= 0.3 is 0 Å². The van der Waals surface area contributed by atoms with Crippen LogP contribution in [0.1, 0.15) is 33.8 Å². The Morgan fingerprint density at radius 1 is 1.29 bits per heavy atom. The van der Waals surface area contributed by atoms with E-state index in [4.69, 9.17) is 4.74 Å². The van der Waals surface area contributed by atoms with Crippen LogP contribution in [0.15, 0.2) is 41.8 Å². The fourth-order valence-corrected chi connectivity index (χ4v) is 3.75. The van der Waals surface area contributed by atoms with Crippen LogP contribution in [0.25, 0.3) is 0 Å². The molecule has 4 nitrogen and oxygen atoms in total. The summed E-state index contributed by atoms with van der Waals surface area (Å²) in [6.45, 7) is 6.43. The number of carbonyl (C=O) groups excluding carboxylic acids is 1. The van der Waals surface area contributed by atoms with Crippen molar-refractivity contribution in [3.05, 3.63) is 57.8 Å². The van der Waals surface area contributed by atoms with Gasteiger partial charge in [-0.2, -0.15) is 0 Å². The SMILES string of the molecule is CC(c1cccs1)N(C)C(=O)c1cccc(CN2CCOCC2)c1. The number of nitrogens with zero attached hydrogens (tertiary/aromatic N) is 2. The number of rotatable bonds is 5. The molecule has 0 radical (unpaired) electrons. The third kappa shape index (κ3) is 4.04. The maximum Gasteiger partial charge on any atom is 0.254 e. The molecular formula is C19H24N2O2S. The van der Waals surface area contributed by atoms with E-state index in [-0.39, 0.29) is 11.9 Å². The van der Waals surface area contributed by atoms with E-state index in [1.807, 2.05) is 41.6 Å². The lowest BCUT2D eigenvalue weighted by atomic mass is 10.1. The van der Waals surface area contributed by atoms with E-state index in [1.54, 1.807) is 11.3 Å². The number of thiophene rings is 1. The number of amides is 1. The summed E-state index contributed by atoms with van der Waals surface area (Å²) in [5.74, 6) is 0.0692. The van der Waals surface area contributed by atoms with Crippen LogP contribution in [-0.4, -0.2) is 49.1 Å². The van der Waals surface area contributed by atoms with Gasteiger partial charge in [-0.05, 0) is 36.1 Å². The minimum Gasteiger partial charge on any atom is -0.379 e. The second-order valence-electron chi connectivity index (χ2n) is 6.20. The molecule has 5 heteroatoms. The summed E-state index contributed by atoms with van der Waals surface area (Å²) >= 11 is 1.69. The second kappa shape index (κ2) is 7.92. The maximum absolute atomic E-state index is 12.8. The first kappa shape index (κ1) is 17.1. The average Bonchev–Trinajstić information content (AvgIpc) is 3.15. The van der Waals surface area contributed by atoms with Gasteiger partial charge in [-0.1, -0.05) is 18.2 Å². The topological polar surface area (TPSA) is 32.8 Å². The van der Waals surface area contributed by atoms with Crippen LogP contribution in [0.4, 0.5) is 0 Å². The van der Waals surface area contributed by atoms with Crippen LogP contribution >= 0.6 is 11.3 Å². The summed E-state index contributed by atoms with van der Waals surface area (Å²) in [6.07, 6.45) is 0. The fraction of sp³-hybridized carbons (Fsp3) is 0.421. The first-order valence-electron chi connectivity index (χ1n) is 8.35. The minimum atomic E-state index is 0.0692. The summed E-state index contributed by atoms with van der Waals surface area (Å²) in [4.78, 5) is 18.2. The highest BCUT2D eigenvalue weighted by atomic mass is 32.1. The zero-order chi connectivity index (χ0) is 16.9. The predicted molar refractivity (Wildman–Crippen MR) is 97.4 cm³/mol. The van der Waals surface area contributed by atoms with Crippen molar-refractivity contribution in [3.8, 4) is 0 Å². The predicted octanol–water partition coefficient (Wildman–Crippen LogP) is 3.41. The average molecular weight is 344 g/mol. The Bertz CT molecular complexity index is 666. The van der Waals surface area contributed by atoms with Crippen LogP contribution in [0, 0.1) is 0 Å². The van der Waals surface area contributed by atoms with Crippen LogP contribution in [0.2, 0.25) is 0 Å². The molecule has 1 saturated heterocycles. The monoisotopic (exact) mass is 344 g/mol. The van der Waals surface area contributed by atoms with Crippen molar-refractivity contribution in [1.82, 2.24) is 9.80 Å². The molecule has 3 rings (SSSR count). The molecule has 1 aliphatic heterocycles. The minimum absolute atomic E-state index is 0.0692. The number of ether oxygens (including phenoxy) is 1. The van der Waals surface area contributed by atoms with Crippen LogP contribution < -0.4 is 0 Å². The van der Waals surface area contributed by atoms with Crippen molar-refractivity contribution < 1.29 is 9.53 Å². The Balaban J connectivity index is 1.69. The van der Waals surface area contributed by atoms with Gasteiger partial charge in [0.05, 0.1) is 19.3 Å². The Labute approximate surface area is 147 Å². The zero-order valence-electron chi connectivity index (χ0n) is 14.3. The second-order valence-corrected chi connectivity index (χ2v) is 7.18. The molecule has 128 valence electrons. The smallest absolute Gasteiger partial charge is 0.254 e. The van der Waals surface area contributed by atoms with Gasteiger partial charge in [0.2, 0.25) is 0 Å². The zero-order valence-corrected chi connectivity index (χ0v) is 15.1. The number of morpholine rings is 1. The summed E-state index contributed by atoms with van der Waals surface area (Å²) in [6, 6.07) is 12.2. The number of hydrogen-bond acceptors (Lipinski definition) is 4. The highest BCUT2D eigenvalue weighted by Gasteiger charge is 2.20. The van der Waals surface area contributed by atoms with Gasteiger partial charge < -0.3 is 9.64 Å². The van der Waals surface area contributed by atoms with Crippen molar-refractivity contribution in [2.75, 3.05) is 33.4 Å². The lowest BCUT2D eigenvalue weighted by molar-refractivity contribution is 0.0341. The summed E-state index contributed by atoms with van der Waals surface area (Å²) < 4.78 is 5.39.